The lowest BCUT2D eigenvalue weighted by atomic mass is 9.79. The smallest absolute Gasteiger partial charge is 0.117 e. The molecule has 2 aliphatic rings. The standard InChI is InChI=1S/C19H21N3O/c1-23-22-18(14-8-5-9-14)19-16-11-10-15(12-17(16)20-21-19)13-6-3-2-4-7-13/h2-4,6-7,10-11,14-15H,5,8-9,12H2,1H3,(H,20,21). The average molecular weight is 307 g/mol. The zero-order chi connectivity index (χ0) is 15.6. The van der Waals surface area contributed by atoms with Crippen molar-refractivity contribution < 1.29 is 4.84 Å². The molecule has 1 heterocycles. The summed E-state index contributed by atoms with van der Waals surface area (Å²) in [6.45, 7) is 0. The zero-order valence-corrected chi connectivity index (χ0v) is 13.3. The van der Waals surface area contributed by atoms with Crippen molar-refractivity contribution in [3.63, 3.8) is 0 Å². The molecule has 23 heavy (non-hydrogen) atoms. The lowest BCUT2D eigenvalue weighted by Gasteiger charge is -2.26. The van der Waals surface area contributed by atoms with E-state index in [1.165, 1.54) is 36.1 Å². The van der Waals surface area contributed by atoms with Crippen LogP contribution < -0.4 is 0 Å². The van der Waals surface area contributed by atoms with Gasteiger partial charge in [0.05, 0.1) is 0 Å². The first-order valence-electron chi connectivity index (χ1n) is 8.28. The maximum Gasteiger partial charge on any atom is 0.117 e. The van der Waals surface area contributed by atoms with Gasteiger partial charge in [-0.05, 0) is 18.4 Å². The second kappa shape index (κ2) is 6.03. The molecule has 0 radical (unpaired) electrons. The first kappa shape index (κ1) is 14.2. The Kier molecular flexibility index (Phi) is 3.74. The molecule has 1 aromatic carbocycles. The van der Waals surface area contributed by atoms with Crippen LogP contribution in [0.5, 0.6) is 0 Å². The SMILES string of the molecule is CON=C(c1n[nH]c2c1C=CC(c1ccccc1)C2)C1CCC1. The summed E-state index contributed by atoms with van der Waals surface area (Å²) in [7, 11) is 1.61. The van der Waals surface area contributed by atoms with E-state index in [-0.39, 0.29) is 0 Å². The van der Waals surface area contributed by atoms with Crippen molar-refractivity contribution in [2.24, 2.45) is 11.1 Å². The number of allylic oxidation sites excluding steroid dienone is 1. The van der Waals surface area contributed by atoms with Crippen LogP contribution in [0.3, 0.4) is 0 Å². The van der Waals surface area contributed by atoms with Crippen LogP contribution in [-0.2, 0) is 11.3 Å². The van der Waals surface area contributed by atoms with E-state index in [1.807, 2.05) is 0 Å². The van der Waals surface area contributed by atoms with E-state index < -0.39 is 0 Å². The van der Waals surface area contributed by atoms with E-state index >= 15 is 0 Å². The van der Waals surface area contributed by atoms with Crippen molar-refractivity contribution in [1.82, 2.24) is 10.2 Å². The predicted octanol–water partition coefficient (Wildman–Crippen LogP) is 3.91. The van der Waals surface area contributed by atoms with Gasteiger partial charge in [0.2, 0.25) is 0 Å². The van der Waals surface area contributed by atoms with E-state index in [0.717, 1.165) is 17.8 Å². The predicted molar refractivity (Wildman–Crippen MR) is 91.4 cm³/mol. The third-order valence-electron chi connectivity index (χ3n) is 4.95. The molecule has 1 saturated carbocycles. The number of fused-ring (bicyclic) bond motifs is 1. The summed E-state index contributed by atoms with van der Waals surface area (Å²) in [6.07, 6.45) is 9.06. The fourth-order valence-corrected chi connectivity index (χ4v) is 3.44. The minimum Gasteiger partial charge on any atom is -0.399 e. The van der Waals surface area contributed by atoms with Crippen LogP contribution in [0.1, 0.15) is 47.7 Å². The number of aromatic nitrogens is 2. The van der Waals surface area contributed by atoms with Gasteiger partial charge in [-0.15, -0.1) is 0 Å². The van der Waals surface area contributed by atoms with Crippen molar-refractivity contribution in [3.05, 3.63) is 58.9 Å². The first-order chi connectivity index (χ1) is 11.4. The van der Waals surface area contributed by atoms with Gasteiger partial charge in [0.1, 0.15) is 18.5 Å². The van der Waals surface area contributed by atoms with Crippen molar-refractivity contribution in [3.8, 4) is 0 Å². The Balaban J connectivity index is 1.64. The number of oxime groups is 1. The lowest BCUT2D eigenvalue weighted by Crippen LogP contribution is -2.24. The maximum atomic E-state index is 5.08. The first-order valence-corrected chi connectivity index (χ1v) is 8.28. The van der Waals surface area contributed by atoms with Gasteiger partial charge < -0.3 is 4.84 Å². The normalized spacial score (nSPS) is 20.9. The van der Waals surface area contributed by atoms with Crippen LogP contribution in [0, 0.1) is 5.92 Å². The molecular formula is C19H21N3O. The second-order valence-electron chi connectivity index (χ2n) is 6.33. The van der Waals surface area contributed by atoms with Crippen LogP contribution >= 0.6 is 0 Å². The highest BCUT2D eigenvalue weighted by Crippen LogP contribution is 2.35. The summed E-state index contributed by atoms with van der Waals surface area (Å²) >= 11 is 0. The van der Waals surface area contributed by atoms with E-state index in [2.05, 4.69) is 57.8 Å². The molecule has 0 spiro atoms. The Morgan fingerprint density at radius 1 is 1.26 bits per heavy atom. The Morgan fingerprint density at radius 3 is 2.78 bits per heavy atom. The van der Waals surface area contributed by atoms with Crippen molar-refractivity contribution >= 4 is 11.8 Å². The van der Waals surface area contributed by atoms with Crippen molar-refractivity contribution in [1.29, 1.82) is 0 Å². The number of nitrogens with zero attached hydrogens (tertiary/aromatic N) is 2. The van der Waals surface area contributed by atoms with Gasteiger partial charge in [-0.2, -0.15) is 5.10 Å². The Morgan fingerprint density at radius 2 is 2.09 bits per heavy atom. The highest BCUT2D eigenvalue weighted by molar-refractivity contribution is 6.03. The van der Waals surface area contributed by atoms with Gasteiger partial charge in [-0.1, -0.05) is 54.1 Å². The largest absolute Gasteiger partial charge is 0.399 e. The number of nitrogens with one attached hydrogen (secondary N) is 1. The molecule has 118 valence electrons. The van der Waals surface area contributed by atoms with Gasteiger partial charge in [0.15, 0.2) is 0 Å². The number of hydrogen-bond acceptors (Lipinski definition) is 3. The van der Waals surface area contributed by atoms with E-state index in [4.69, 9.17) is 4.84 Å². The molecule has 4 heteroatoms. The van der Waals surface area contributed by atoms with Crippen LogP contribution in [0.15, 0.2) is 41.6 Å². The Hall–Kier alpha value is -2.36. The maximum absolute atomic E-state index is 5.08. The summed E-state index contributed by atoms with van der Waals surface area (Å²) < 4.78 is 0. The van der Waals surface area contributed by atoms with Crippen LogP contribution in [0.2, 0.25) is 0 Å². The number of hydrogen-bond donors (Lipinski definition) is 1. The molecular weight excluding hydrogens is 286 g/mol. The third-order valence-corrected chi connectivity index (χ3v) is 4.95. The number of rotatable bonds is 4. The molecule has 1 N–H and O–H groups in total. The second-order valence-corrected chi connectivity index (χ2v) is 6.33. The molecule has 4 nitrogen and oxygen atoms in total. The fourth-order valence-electron chi connectivity index (χ4n) is 3.44. The topological polar surface area (TPSA) is 50.3 Å². The summed E-state index contributed by atoms with van der Waals surface area (Å²) in [5.41, 5.74) is 5.68. The molecule has 0 aliphatic heterocycles. The van der Waals surface area contributed by atoms with E-state index in [0.29, 0.717) is 11.8 Å². The molecule has 1 aromatic heterocycles. The highest BCUT2D eigenvalue weighted by Gasteiger charge is 2.30. The van der Waals surface area contributed by atoms with Gasteiger partial charge >= 0.3 is 0 Å². The molecule has 1 fully saturated rings. The number of aromatic amines is 1. The van der Waals surface area contributed by atoms with E-state index in [9.17, 15) is 0 Å². The lowest BCUT2D eigenvalue weighted by molar-refractivity contribution is 0.208. The van der Waals surface area contributed by atoms with Crippen LogP contribution in [0.4, 0.5) is 0 Å². The zero-order valence-electron chi connectivity index (χ0n) is 13.3. The van der Waals surface area contributed by atoms with Gasteiger partial charge in [-0.3, -0.25) is 5.10 Å². The van der Waals surface area contributed by atoms with E-state index in [1.54, 1.807) is 7.11 Å². The Bertz CT molecular complexity index is 741. The molecule has 1 atom stereocenters. The Labute approximate surface area is 136 Å². The molecule has 0 amide bonds. The summed E-state index contributed by atoms with van der Waals surface area (Å²) in [5, 5.41) is 12.1. The quantitative estimate of drug-likeness (QED) is 0.687. The number of H-pyrrole nitrogens is 1. The fraction of sp³-hybridized carbons (Fsp3) is 0.368. The molecule has 2 aromatic rings. The summed E-state index contributed by atoms with van der Waals surface area (Å²) in [6, 6.07) is 10.6. The highest BCUT2D eigenvalue weighted by atomic mass is 16.6. The molecule has 1 unspecified atom stereocenters. The summed E-state index contributed by atoms with van der Waals surface area (Å²) in [4.78, 5) is 5.08. The van der Waals surface area contributed by atoms with Crippen molar-refractivity contribution in [2.45, 2.75) is 31.6 Å². The van der Waals surface area contributed by atoms with Crippen molar-refractivity contribution in [2.75, 3.05) is 7.11 Å². The van der Waals surface area contributed by atoms with Gasteiger partial charge in [0, 0.05) is 29.5 Å². The van der Waals surface area contributed by atoms with Crippen LogP contribution in [-0.4, -0.2) is 23.0 Å². The molecule has 2 aliphatic carbocycles. The molecule has 4 rings (SSSR count). The molecule has 0 saturated heterocycles. The monoisotopic (exact) mass is 307 g/mol. The molecule has 0 bridgehead atoms. The summed E-state index contributed by atoms with van der Waals surface area (Å²) in [5.74, 6) is 0.895. The minimum absolute atomic E-state index is 0.406. The average Bonchev–Trinajstić information content (AvgIpc) is 2.96. The van der Waals surface area contributed by atoms with Crippen LogP contribution in [0.25, 0.3) is 6.08 Å². The third kappa shape index (κ3) is 2.58. The van der Waals surface area contributed by atoms with Gasteiger partial charge in [0.25, 0.3) is 0 Å². The number of benzene rings is 1. The minimum atomic E-state index is 0.406. The van der Waals surface area contributed by atoms with Gasteiger partial charge in [-0.25, -0.2) is 0 Å².